The molecule has 1 saturated carbocycles. The third-order valence-corrected chi connectivity index (χ3v) is 3.53. The molecule has 0 N–H and O–H groups in total. The number of benzene rings is 1. The van der Waals surface area contributed by atoms with Crippen molar-refractivity contribution in [2.45, 2.75) is 33.1 Å². The lowest BCUT2D eigenvalue weighted by molar-refractivity contribution is -0.154. The molecule has 0 saturated heterocycles. The van der Waals surface area contributed by atoms with Gasteiger partial charge in [0, 0.05) is 12.0 Å². The van der Waals surface area contributed by atoms with Crippen molar-refractivity contribution in [3.05, 3.63) is 35.4 Å². The number of hydrogen-bond donors (Lipinski definition) is 0. The third kappa shape index (κ3) is 2.75. The first-order chi connectivity index (χ1) is 9.58. The molecule has 104 valence electrons. The van der Waals surface area contributed by atoms with Crippen LogP contribution in [0, 0.1) is 24.2 Å². The minimum absolute atomic E-state index is 0.115. The summed E-state index contributed by atoms with van der Waals surface area (Å²) in [5, 5.41) is 0. The van der Waals surface area contributed by atoms with Crippen molar-refractivity contribution in [2.75, 3.05) is 6.61 Å². The molecule has 0 heterocycles. The summed E-state index contributed by atoms with van der Waals surface area (Å²) in [6.45, 7) is 4.00. The Hall–Kier alpha value is -2.08. The van der Waals surface area contributed by atoms with Crippen LogP contribution in [0.25, 0.3) is 0 Å². The normalized spacial score (nSPS) is 21.2. The van der Waals surface area contributed by atoms with Crippen LogP contribution in [0.15, 0.2) is 24.3 Å². The molecule has 2 rings (SSSR count). The van der Waals surface area contributed by atoms with Gasteiger partial charge >= 0.3 is 5.97 Å². The average Bonchev–Trinajstić information content (AvgIpc) is 2.81. The Bertz CT molecular complexity index is 574. The van der Waals surface area contributed by atoms with Crippen molar-refractivity contribution in [2.24, 2.45) is 5.41 Å². The lowest BCUT2D eigenvalue weighted by Crippen LogP contribution is -2.35. The van der Waals surface area contributed by atoms with Gasteiger partial charge in [-0.05, 0) is 38.8 Å². The summed E-state index contributed by atoms with van der Waals surface area (Å²) in [5.41, 5.74) is 0.701. The molecule has 0 aliphatic heterocycles. The highest BCUT2D eigenvalue weighted by Crippen LogP contribution is 2.35. The fourth-order valence-corrected chi connectivity index (χ4v) is 2.34. The molecule has 0 amide bonds. The van der Waals surface area contributed by atoms with Gasteiger partial charge in [-0.1, -0.05) is 29.5 Å². The molecule has 0 spiro atoms. The number of carbonyl (C=O) groups is 2. The van der Waals surface area contributed by atoms with Crippen LogP contribution < -0.4 is 0 Å². The first kappa shape index (κ1) is 14.3. The largest absolute Gasteiger partial charge is 0.465 e. The molecule has 0 bridgehead atoms. The van der Waals surface area contributed by atoms with Gasteiger partial charge in [-0.25, -0.2) is 4.79 Å². The molecule has 1 atom stereocenters. The van der Waals surface area contributed by atoms with E-state index in [1.165, 1.54) is 0 Å². The molecule has 0 radical (unpaired) electrons. The molecular weight excluding hydrogens is 252 g/mol. The van der Waals surface area contributed by atoms with Crippen molar-refractivity contribution in [3.8, 4) is 11.8 Å². The van der Waals surface area contributed by atoms with Crippen molar-refractivity contribution in [1.29, 1.82) is 0 Å². The molecule has 3 nitrogen and oxygen atoms in total. The lowest BCUT2D eigenvalue weighted by Gasteiger charge is -2.18. The molecule has 1 aliphatic rings. The van der Waals surface area contributed by atoms with Crippen LogP contribution in [-0.4, -0.2) is 18.4 Å². The van der Waals surface area contributed by atoms with Crippen LogP contribution in [0.1, 0.15) is 37.3 Å². The van der Waals surface area contributed by atoms with Gasteiger partial charge in [0.25, 0.3) is 0 Å². The number of ether oxygens (including phenoxy) is 1. The Morgan fingerprint density at radius 3 is 2.60 bits per heavy atom. The maximum Gasteiger partial charge on any atom is 0.331 e. The second kappa shape index (κ2) is 5.92. The van der Waals surface area contributed by atoms with Crippen molar-refractivity contribution in [1.82, 2.24) is 0 Å². The highest BCUT2D eigenvalue weighted by Gasteiger charge is 2.48. The number of aryl methyl sites for hydroxylation is 1. The standard InChI is InChI=1S/C17H18O3/c1-3-20-16(19)17(11-4-5-15(17)18)12-10-14-8-6-13(2)7-9-14/h6-9H,3-5,11H2,1-2H3. The monoisotopic (exact) mass is 270 g/mol. The number of ketones is 1. The van der Waals surface area contributed by atoms with Gasteiger partial charge in [0.2, 0.25) is 0 Å². The smallest absolute Gasteiger partial charge is 0.331 e. The number of rotatable bonds is 2. The molecule has 3 heteroatoms. The number of esters is 1. The number of Topliss-reactive ketones (excluding diaryl/α,β-unsaturated/α-hetero) is 1. The minimum Gasteiger partial charge on any atom is -0.465 e. The van der Waals surface area contributed by atoms with Crippen LogP contribution >= 0.6 is 0 Å². The topological polar surface area (TPSA) is 43.4 Å². The summed E-state index contributed by atoms with van der Waals surface area (Å²) in [4.78, 5) is 24.2. The molecular formula is C17H18O3. The minimum atomic E-state index is -1.25. The molecule has 20 heavy (non-hydrogen) atoms. The van der Waals surface area contributed by atoms with E-state index in [2.05, 4.69) is 11.8 Å². The molecule has 0 aromatic heterocycles. The average molecular weight is 270 g/mol. The Labute approximate surface area is 119 Å². The summed E-state index contributed by atoms with van der Waals surface area (Å²) < 4.78 is 5.04. The van der Waals surface area contributed by atoms with Crippen LogP contribution in [0.5, 0.6) is 0 Å². The predicted molar refractivity (Wildman–Crippen MR) is 76.0 cm³/mol. The van der Waals surface area contributed by atoms with Gasteiger partial charge < -0.3 is 4.74 Å². The first-order valence-electron chi connectivity index (χ1n) is 6.89. The zero-order valence-electron chi connectivity index (χ0n) is 11.9. The highest BCUT2D eigenvalue weighted by atomic mass is 16.5. The Morgan fingerprint density at radius 2 is 2.05 bits per heavy atom. The number of hydrogen-bond acceptors (Lipinski definition) is 3. The summed E-state index contributed by atoms with van der Waals surface area (Å²) in [6.07, 6.45) is 1.56. The lowest BCUT2D eigenvalue weighted by atomic mass is 9.85. The van der Waals surface area contributed by atoms with Gasteiger partial charge in [0.05, 0.1) is 6.61 Å². The SMILES string of the molecule is CCOC(=O)C1(C#Cc2ccc(C)cc2)CCCC1=O. The molecule has 1 unspecified atom stereocenters. The predicted octanol–water partition coefficient (Wildman–Crippen LogP) is 2.65. The Balaban J connectivity index is 2.32. The van der Waals surface area contributed by atoms with E-state index < -0.39 is 11.4 Å². The van der Waals surface area contributed by atoms with E-state index in [0.29, 0.717) is 19.3 Å². The fourth-order valence-electron chi connectivity index (χ4n) is 2.34. The van der Waals surface area contributed by atoms with E-state index in [0.717, 1.165) is 11.1 Å². The van der Waals surface area contributed by atoms with Crippen molar-refractivity contribution in [3.63, 3.8) is 0 Å². The van der Waals surface area contributed by atoms with Gasteiger partial charge in [-0.2, -0.15) is 0 Å². The van der Waals surface area contributed by atoms with Gasteiger partial charge in [0.1, 0.15) is 0 Å². The van der Waals surface area contributed by atoms with Gasteiger partial charge in [0.15, 0.2) is 11.2 Å². The van der Waals surface area contributed by atoms with E-state index in [1.807, 2.05) is 31.2 Å². The van der Waals surface area contributed by atoms with E-state index in [9.17, 15) is 9.59 Å². The molecule has 1 fully saturated rings. The fraction of sp³-hybridized carbons (Fsp3) is 0.412. The van der Waals surface area contributed by atoms with E-state index >= 15 is 0 Å². The maximum atomic E-state index is 12.1. The van der Waals surface area contributed by atoms with E-state index in [4.69, 9.17) is 4.74 Å². The first-order valence-corrected chi connectivity index (χ1v) is 6.89. The quantitative estimate of drug-likeness (QED) is 0.471. The highest BCUT2D eigenvalue weighted by molar-refractivity contribution is 6.08. The summed E-state index contributed by atoms with van der Waals surface area (Å²) in [5.74, 6) is 5.23. The molecule has 1 aliphatic carbocycles. The van der Waals surface area contributed by atoms with E-state index in [1.54, 1.807) is 6.92 Å². The second-order valence-corrected chi connectivity index (χ2v) is 5.02. The van der Waals surface area contributed by atoms with Crippen molar-refractivity contribution >= 4 is 11.8 Å². The number of carbonyl (C=O) groups excluding carboxylic acids is 2. The van der Waals surface area contributed by atoms with Crippen LogP contribution in [0.4, 0.5) is 0 Å². The van der Waals surface area contributed by atoms with Gasteiger partial charge in [-0.15, -0.1) is 0 Å². The van der Waals surface area contributed by atoms with Crippen molar-refractivity contribution < 1.29 is 14.3 Å². The Kier molecular flexibility index (Phi) is 4.24. The third-order valence-electron chi connectivity index (χ3n) is 3.53. The van der Waals surface area contributed by atoms with Gasteiger partial charge in [-0.3, -0.25) is 4.79 Å². The molecule has 1 aromatic rings. The Morgan fingerprint density at radius 1 is 1.35 bits per heavy atom. The molecule has 1 aromatic carbocycles. The van der Waals surface area contributed by atoms with Crippen LogP contribution in [-0.2, 0) is 14.3 Å². The summed E-state index contributed by atoms with van der Waals surface area (Å²) >= 11 is 0. The summed E-state index contributed by atoms with van der Waals surface area (Å²) in [6, 6.07) is 7.69. The van der Waals surface area contributed by atoms with E-state index in [-0.39, 0.29) is 12.4 Å². The van der Waals surface area contributed by atoms with Crippen LogP contribution in [0.3, 0.4) is 0 Å². The zero-order chi connectivity index (χ0) is 14.6. The van der Waals surface area contributed by atoms with Crippen LogP contribution in [0.2, 0.25) is 0 Å². The zero-order valence-corrected chi connectivity index (χ0v) is 11.9. The maximum absolute atomic E-state index is 12.1. The summed E-state index contributed by atoms with van der Waals surface area (Å²) in [7, 11) is 0. The second-order valence-electron chi connectivity index (χ2n) is 5.02.